The lowest BCUT2D eigenvalue weighted by atomic mass is 10.2. The first-order valence-electron chi connectivity index (χ1n) is 6.68. The molecule has 0 aromatic carbocycles. The zero-order valence-electron chi connectivity index (χ0n) is 11.9. The molecule has 1 N–H and O–H groups in total. The number of aromatic nitrogens is 1. The van der Waals surface area contributed by atoms with Gasteiger partial charge in [-0.3, -0.25) is 14.6 Å². The molecule has 1 aliphatic heterocycles. The van der Waals surface area contributed by atoms with Gasteiger partial charge in [0.15, 0.2) is 0 Å². The van der Waals surface area contributed by atoms with Gasteiger partial charge in [-0.1, -0.05) is 0 Å². The second kappa shape index (κ2) is 5.90. The Morgan fingerprint density at radius 1 is 1.29 bits per heavy atom. The van der Waals surface area contributed by atoms with E-state index in [1.165, 1.54) is 17.2 Å². The Kier molecular flexibility index (Phi) is 4.21. The molecule has 0 atom stereocenters. The number of hydrogen-bond acceptors (Lipinski definition) is 4. The summed E-state index contributed by atoms with van der Waals surface area (Å²) in [5.74, 6) is -2.09. The minimum absolute atomic E-state index is 0.00317. The maximum absolute atomic E-state index is 12.0. The molecule has 7 nitrogen and oxygen atoms in total. The van der Waals surface area contributed by atoms with Gasteiger partial charge in [0.1, 0.15) is 0 Å². The van der Waals surface area contributed by atoms with Crippen LogP contribution in [0.1, 0.15) is 29.9 Å². The molecule has 1 fully saturated rings. The summed E-state index contributed by atoms with van der Waals surface area (Å²) in [6.07, 6.45) is 1.24. The summed E-state index contributed by atoms with van der Waals surface area (Å²) >= 11 is 0. The van der Waals surface area contributed by atoms with Gasteiger partial charge in [-0.25, -0.2) is 4.79 Å². The maximum atomic E-state index is 12.0. The van der Waals surface area contributed by atoms with Crippen LogP contribution in [0.5, 0.6) is 0 Å². The minimum Gasteiger partial charge on any atom is -0.478 e. The van der Waals surface area contributed by atoms with Gasteiger partial charge in [-0.2, -0.15) is 0 Å². The Balaban J connectivity index is 2.05. The largest absolute Gasteiger partial charge is 0.478 e. The lowest BCUT2D eigenvalue weighted by Crippen LogP contribution is -2.55. The fraction of sp³-hybridized carbons (Fsp3) is 0.429. The van der Waals surface area contributed by atoms with Crippen LogP contribution in [0, 0.1) is 0 Å². The van der Waals surface area contributed by atoms with Crippen LogP contribution in [0.25, 0.3) is 0 Å². The molecule has 1 aliphatic rings. The SMILES string of the molecule is CC(C)N1CCN(Cc2ccc(C(=O)O)cn2)C(=O)C1=O. The van der Waals surface area contributed by atoms with Gasteiger partial charge in [0.05, 0.1) is 17.8 Å². The smallest absolute Gasteiger partial charge is 0.337 e. The summed E-state index contributed by atoms with van der Waals surface area (Å²) in [5.41, 5.74) is 0.643. The summed E-state index contributed by atoms with van der Waals surface area (Å²) in [6.45, 7) is 4.89. The minimum atomic E-state index is -1.05. The van der Waals surface area contributed by atoms with Crippen LogP contribution in [0.3, 0.4) is 0 Å². The highest BCUT2D eigenvalue weighted by atomic mass is 16.4. The predicted molar refractivity (Wildman–Crippen MR) is 73.5 cm³/mol. The normalized spacial score (nSPS) is 15.8. The van der Waals surface area contributed by atoms with Gasteiger partial charge in [-0.05, 0) is 26.0 Å². The van der Waals surface area contributed by atoms with E-state index in [1.807, 2.05) is 13.8 Å². The number of pyridine rings is 1. The van der Waals surface area contributed by atoms with Crippen molar-refractivity contribution >= 4 is 17.8 Å². The number of nitrogens with zero attached hydrogens (tertiary/aromatic N) is 3. The Morgan fingerprint density at radius 2 is 2.00 bits per heavy atom. The van der Waals surface area contributed by atoms with Crippen LogP contribution in [-0.2, 0) is 16.1 Å². The number of aromatic carboxylic acids is 1. The molecule has 1 aromatic rings. The molecule has 0 aliphatic carbocycles. The molecule has 0 spiro atoms. The number of amides is 2. The van der Waals surface area contributed by atoms with E-state index in [0.29, 0.717) is 18.8 Å². The fourth-order valence-electron chi connectivity index (χ4n) is 2.17. The molecule has 0 unspecified atom stereocenters. The van der Waals surface area contributed by atoms with E-state index in [1.54, 1.807) is 11.0 Å². The van der Waals surface area contributed by atoms with Crippen LogP contribution >= 0.6 is 0 Å². The van der Waals surface area contributed by atoms with Crippen molar-refractivity contribution in [3.63, 3.8) is 0 Å². The first kappa shape index (κ1) is 15.0. The summed E-state index contributed by atoms with van der Waals surface area (Å²) in [6, 6.07) is 2.98. The van der Waals surface area contributed by atoms with Gasteiger partial charge in [0.2, 0.25) is 0 Å². The van der Waals surface area contributed by atoms with E-state index < -0.39 is 17.8 Å². The maximum Gasteiger partial charge on any atom is 0.337 e. The van der Waals surface area contributed by atoms with Crippen molar-refractivity contribution in [2.75, 3.05) is 13.1 Å². The van der Waals surface area contributed by atoms with E-state index >= 15 is 0 Å². The average Bonchev–Trinajstić information content (AvgIpc) is 2.44. The number of carbonyl (C=O) groups is 3. The lowest BCUT2D eigenvalue weighted by molar-refractivity contribution is -0.157. The molecule has 7 heteroatoms. The second-order valence-corrected chi connectivity index (χ2v) is 5.16. The molecular weight excluding hydrogens is 274 g/mol. The summed E-state index contributed by atoms with van der Waals surface area (Å²) in [5, 5.41) is 8.80. The van der Waals surface area contributed by atoms with E-state index in [2.05, 4.69) is 4.98 Å². The third kappa shape index (κ3) is 3.18. The first-order chi connectivity index (χ1) is 9.90. The Bertz CT molecular complexity index is 568. The topological polar surface area (TPSA) is 90.8 Å². The van der Waals surface area contributed by atoms with Crippen molar-refractivity contribution < 1.29 is 19.5 Å². The van der Waals surface area contributed by atoms with Crippen LogP contribution < -0.4 is 0 Å². The molecule has 2 rings (SSSR count). The summed E-state index contributed by atoms with van der Waals surface area (Å²) < 4.78 is 0. The Hall–Kier alpha value is -2.44. The highest BCUT2D eigenvalue weighted by Crippen LogP contribution is 2.12. The predicted octanol–water partition coefficient (Wildman–Crippen LogP) is 0.359. The Morgan fingerprint density at radius 3 is 2.52 bits per heavy atom. The molecular formula is C14H17N3O4. The highest BCUT2D eigenvalue weighted by molar-refractivity contribution is 6.35. The van der Waals surface area contributed by atoms with Crippen LogP contribution in [-0.4, -0.2) is 56.8 Å². The van der Waals surface area contributed by atoms with Gasteiger partial charge < -0.3 is 14.9 Å². The van der Waals surface area contributed by atoms with Crippen LogP contribution in [0.4, 0.5) is 0 Å². The van der Waals surface area contributed by atoms with Crippen molar-refractivity contribution in [3.05, 3.63) is 29.6 Å². The molecule has 2 amide bonds. The highest BCUT2D eigenvalue weighted by Gasteiger charge is 2.33. The zero-order chi connectivity index (χ0) is 15.6. The first-order valence-corrected chi connectivity index (χ1v) is 6.68. The van der Waals surface area contributed by atoms with E-state index in [-0.39, 0.29) is 18.2 Å². The number of carboxylic acids is 1. The van der Waals surface area contributed by atoms with Crippen molar-refractivity contribution in [3.8, 4) is 0 Å². The molecule has 0 bridgehead atoms. The van der Waals surface area contributed by atoms with Crippen molar-refractivity contribution in [1.29, 1.82) is 0 Å². The van der Waals surface area contributed by atoms with E-state index in [4.69, 9.17) is 5.11 Å². The number of carbonyl (C=O) groups excluding carboxylic acids is 2. The standard InChI is InChI=1S/C14H17N3O4/c1-9(2)17-6-5-16(12(18)13(17)19)8-11-4-3-10(7-15-11)14(20)21/h3-4,7,9H,5-6,8H2,1-2H3,(H,20,21). The molecule has 2 heterocycles. The number of rotatable bonds is 4. The summed E-state index contributed by atoms with van der Waals surface area (Å²) in [7, 11) is 0. The van der Waals surface area contributed by atoms with Crippen molar-refractivity contribution in [1.82, 2.24) is 14.8 Å². The van der Waals surface area contributed by atoms with Gasteiger partial charge in [0, 0.05) is 25.3 Å². The third-order valence-electron chi connectivity index (χ3n) is 3.39. The van der Waals surface area contributed by atoms with Crippen LogP contribution in [0.15, 0.2) is 18.3 Å². The second-order valence-electron chi connectivity index (χ2n) is 5.16. The Labute approximate surface area is 122 Å². The molecule has 1 aromatic heterocycles. The molecule has 112 valence electrons. The van der Waals surface area contributed by atoms with E-state index in [9.17, 15) is 14.4 Å². The van der Waals surface area contributed by atoms with Crippen LogP contribution in [0.2, 0.25) is 0 Å². The van der Waals surface area contributed by atoms with E-state index in [0.717, 1.165) is 0 Å². The number of carboxylic acid groups (broad SMARTS) is 1. The quantitative estimate of drug-likeness (QED) is 0.809. The third-order valence-corrected chi connectivity index (χ3v) is 3.39. The van der Waals surface area contributed by atoms with Gasteiger partial charge in [-0.15, -0.1) is 0 Å². The molecule has 0 radical (unpaired) electrons. The summed E-state index contributed by atoms with van der Waals surface area (Å²) in [4.78, 5) is 41.7. The zero-order valence-corrected chi connectivity index (χ0v) is 11.9. The van der Waals surface area contributed by atoms with Crippen molar-refractivity contribution in [2.24, 2.45) is 0 Å². The number of hydrogen-bond donors (Lipinski definition) is 1. The monoisotopic (exact) mass is 291 g/mol. The number of piperazine rings is 1. The lowest BCUT2D eigenvalue weighted by Gasteiger charge is -2.35. The molecule has 21 heavy (non-hydrogen) atoms. The fourth-order valence-corrected chi connectivity index (χ4v) is 2.17. The van der Waals surface area contributed by atoms with Gasteiger partial charge in [0.25, 0.3) is 0 Å². The average molecular weight is 291 g/mol. The van der Waals surface area contributed by atoms with Gasteiger partial charge >= 0.3 is 17.8 Å². The molecule has 0 saturated carbocycles. The van der Waals surface area contributed by atoms with Crippen molar-refractivity contribution in [2.45, 2.75) is 26.4 Å². The molecule has 1 saturated heterocycles.